The minimum atomic E-state index is -0.0151. The van der Waals surface area contributed by atoms with Gasteiger partial charge in [-0.3, -0.25) is 4.90 Å². The predicted octanol–water partition coefficient (Wildman–Crippen LogP) is 5.79. The lowest BCUT2D eigenvalue weighted by Crippen LogP contribution is -2.49. The first-order valence-electron chi connectivity index (χ1n) is 10.7. The van der Waals surface area contributed by atoms with Crippen LogP contribution < -0.4 is 19.1 Å². The maximum absolute atomic E-state index is 13.3. The first-order chi connectivity index (χ1) is 16.0. The van der Waals surface area contributed by atoms with E-state index in [2.05, 4.69) is 20.9 Å². The fourth-order valence-electron chi connectivity index (χ4n) is 3.82. The summed E-state index contributed by atoms with van der Waals surface area (Å²) in [7, 11) is 3.22. The van der Waals surface area contributed by atoms with Gasteiger partial charge in [-0.25, -0.2) is 9.78 Å². The second-order valence-corrected chi connectivity index (χ2v) is 8.68. The van der Waals surface area contributed by atoms with E-state index in [1.165, 1.54) is 0 Å². The second-order valence-electron chi connectivity index (χ2n) is 7.77. The van der Waals surface area contributed by atoms with Crippen molar-refractivity contribution >= 4 is 27.6 Å². The summed E-state index contributed by atoms with van der Waals surface area (Å²) in [5, 5.41) is 0. The van der Waals surface area contributed by atoms with Crippen molar-refractivity contribution in [2.24, 2.45) is 0 Å². The lowest BCUT2D eigenvalue weighted by atomic mass is 10.1. The molecule has 0 atom stereocenters. The molecule has 0 bridgehead atoms. The number of halogens is 1. The molecule has 7 nitrogen and oxygen atoms in total. The first-order valence-corrected chi connectivity index (χ1v) is 11.4. The van der Waals surface area contributed by atoms with Gasteiger partial charge in [0.05, 0.1) is 14.2 Å². The Kier molecular flexibility index (Phi) is 7.03. The van der Waals surface area contributed by atoms with Crippen LogP contribution in [0.4, 0.5) is 10.5 Å². The van der Waals surface area contributed by atoms with E-state index < -0.39 is 0 Å². The number of benzene rings is 2. The van der Waals surface area contributed by atoms with Gasteiger partial charge in [-0.2, -0.15) is 0 Å². The number of anilines is 1. The number of hydrogen-bond acceptors (Lipinski definition) is 5. The fraction of sp³-hybridized carbons (Fsp3) is 0.280. The van der Waals surface area contributed by atoms with Crippen LogP contribution in [0.15, 0.2) is 59.2 Å². The molecule has 1 saturated heterocycles. The Morgan fingerprint density at radius 1 is 0.970 bits per heavy atom. The summed E-state index contributed by atoms with van der Waals surface area (Å²) in [6, 6.07) is 15.2. The van der Waals surface area contributed by atoms with Gasteiger partial charge in [-0.1, -0.05) is 6.07 Å². The van der Waals surface area contributed by atoms with Crippen molar-refractivity contribution in [3.8, 4) is 23.1 Å². The highest BCUT2D eigenvalue weighted by Crippen LogP contribution is 2.31. The van der Waals surface area contributed by atoms with Crippen LogP contribution in [-0.4, -0.2) is 43.2 Å². The highest BCUT2D eigenvalue weighted by atomic mass is 79.9. The Bertz CT molecular complexity index is 1140. The molecule has 1 aromatic heterocycles. The molecule has 0 unspecified atom stereocenters. The molecule has 3 aromatic rings. The molecule has 4 rings (SSSR count). The SMILES string of the molecule is COc1ccc(CN2CCCN(c3ccc(Oc4ccc(Br)cn4)c(C)c3)C2=O)cc1OC. The summed E-state index contributed by atoms with van der Waals surface area (Å²) in [6.45, 7) is 3.85. The molecular formula is C25H26BrN3O4. The monoisotopic (exact) mass is 511 g/mol. The fourth-order valence-corrected chi connectivity index (χ4v) is 4.05. The van der Waals surface area contributed by atoms with E-state index in [-0.39, 0.29) is 6.03 Å². The Morgan fingerprint density at radius 2 is 1.76 bits per heavy atom. The number of rotatable bonds is 7. The van der Waals surface area contributed by atoms with Crippen molar-refractivity contribution in [1.29, 1.82) is 0 Å². The smallest absolute Gasteiger partial charge is 0.324 e. The summed E-state index contributed by atoms with van der Waals surface area (Å²) in [4.78, 5) is 21.2. The van der Waals surface area contributed by atoms with Crippen molar-refractivity contribution < 1.29 is 19.0 Å². The maximum atomic E-state index is 13.3. The summed E-state index contributed by atoms with van der Waals surface area (Å²) >= 11 is 3.37. The van der Waals surface area contributed by atoms with E-state index in [4.69, 9.17) is 14.2 Å². The zero-order valence-electron chi connectivity index (χ0n) is 18.9. The second kappa shape index (κ2) is 10.1. The minimum Gasteiger partial charge on any atom is -0.493 e. The average molecular weight is 512 g/mol. The third kappa shape index (κ3) is 5.22. The van der Waals surface area contributed by atoms with E-state index in [0.717, 1.165) is 27.7 Å². The van der Waals surface area contributed by atoms with Crippen LogP contribution in [0.3, 0.4) is 0 Å². The number of methoxy groups -OCH3 is 2. The lowest BCUT2D eigenvalue weighted by molar-refractivity contribution is 0.192. The molecule has 0 aliphatic carbocycles. The number of amides is 2. The standard InChI is InChI=1S/C25H26BrN3O4/c1-17-13-20(7-9-21(17)33-24-10-6-19(26)15-27-24)29-12-4-11-28(25(29)30)16-18-5-8-22(31-2)23(14-18)32-3/h5-10,13-15H,4,11-12,16H2,1-3H3. The van der Waals surface area contributed by atoms with Crippen molar-refractivity contribution in [1.82, 2.24) is 9.88 Å². The quantitative estimate of drug-likeness (QED) is 0.401. The van der Waals surface area contributed by atoms with Gasteiger partial charge in [0.25, 0.3) is 0 Å². The van der Waals surface area contributed by atoms with Crippen molar-refractivity contribution in [2.45, 2.75) is 19.9 Å². The van der Waals surface area contributed by atoms with Gasteiger partial charge in [-0.15, -0.1) is 0 Å². The van der Waals surface area contributed by atoms with Crippen molar-refractivity contribution in [3.05, 3.63) is 70.3 Å². The number of nitrogens with zero attached hydrogens (tertiary/aromatic N) is 3. The summed E-state index contributed by atoms with van der Waals surface area (Å²) in [5.41, 5.74) is 2.78. The summed E-state index contributed by atoms with van der Waals surface area (Å²) in [5.74, 6) is 2.55. The van der Waals surface area contributed by atoms with E-state index in [1.807, 2.05) is 59.2 Å². The summed E-state index contributed by atoms with van der Waals surface area (Å²) in [6.07, 6.45) is 2.58. The lowest BCUT2D eigenvalue weighted by Gasteiger charge is -2.36. The van der Waals surface area contributed by atoms with Crippen LogP contribution in [0.5, 0.6) is 23.1 Å². The third-order valence-corrected chi connectivity index (χ3v) is 5.99. The van der Waals surface area contributed by atoms with Crippen LogP contribution in [0.2, 0.25) is 0 Å². The van der Waals surface area contributed by atoms with Crippen molar-refractivity contribution in [2.75, 3.05) is 32.2 Å². The van der Waals surface area contributed by atoms with Crippen LogP contribution in [0.25, 0.3) is 0 Å². The van der Waals surface area contributed by atoms with E-state index in [9.17, 15) is 4.79 Å². The van der Waals surface area contributed by atoms with E-state index >= 15 is 0 Å². The molecule has 1 aliphatic rings. The largest absolute Gasteiger partial charge is 0.493 e. The highest BCUT2D eigenvalue weighted by Gasteiger charge is 2.27. The zero-order chi connectivity index (χ0) is 23.4. The molecule has 172 valence electrons. The van der Waals surface area contributed by atoms with Gasteiger partial charge in [-0.05, 0) is 76.8 Å². The molecular weight excluding hydrogens is 486 g/mol. The zero-order valence-corrected chi connectivity index (χ0v) is 20.5. The molecule has 0 spiro atoms. The molecule has 1 aliphatic heterocycles. The van der Waals surface area contributed by atoms with Crippen LogP contribution in [0, 0.1) is 6.92 Å². The molecule has 8 heteroatoms. The highest BCUT2D eigenvalue weighted by molar-refractivity contribution is 9.10. The molecule has 2 heterocycles. The molecule has 0 saturated carbocycles. The normalized spacial score (nSPS) is 13.8. The van der Waals surface area contributed by atoms with Gasteiger partial charge in [0.1, 0.15) is 5.75 Å². The minimum absolute atomic E-state index is 0.0151. The topological polar surface area (TPSA) is 64.1 Å². The van der Waals surface area contributed by atoms with Crippen molar-refractivity contribution in [3.63, 3.8) is 0 Å². The number of ether oxygens (including phenoxy) is 3. The number of aromatic nitrogens is 1. The number of urea groups is 1. The maximum Gasteiger partial charge on any atom is 0.324 e. The number of pyridine rings is 1. The third-order valence-electron chi connectivity index (χ3n) is 5.52. The Morgan fingerprint density at radius 3 is 2.45 bits per heavy atom. The predicted molar refractivity (Wildman–Crippen MR) is 131 cm³/mol. The van der Waals surface area contributed by atoms with Crippen LogP contribution >= 0.6 is 15.9 Å². The van der Waals surface area contributed by atoms with Crippen LogP contribution in [-0.2, 0) is 6.54 Å². The Hall–Kier alpha value is -3.26. The number of aryl methyl sites for hydroxylation is 1. The molecule has 0 N–H and O–H groups in total. The number of hydrogen-bond donors (Lipinski definition) is 0. The Labute approximate surface area is 202 Å². The molecule has 1 fully saturated rings. The Balaban J connectivity index is 1.48. The van der Waals surface area contributed by atoms with Gasteiger partial charge in [0, 0.05) is 42.1 Å². The van der Waals surface area contributed by atoms with E-state index in [1.54, 1.807) is 26.5 Å². The molecule has 2 aromatic carbocycles. The van der Waals surface area contributed by atoms with Gasteiger partial charge in [0.15, 0.2) is 11.5 Å². The van der Waals surface area contributed by atoms with Gasteiger partial charge in [0.2, 0.25) is 5.88 Å². The van der Waals surface area contributed by atoms with Gasteiger partial charge >= 0.3 is 6.03 Å². The average Bonchev–Trinajstić information content (AvgIpc) is 2.83. The molecule has 2 amide bonds. The van der Waals surface area contributed by atoms with Gasteiger partial charge < -0.3 is 19.1 Å². The number of carbonyl (C=O) groups is 1. The molecule has 0 radical (unpaired) electrons. The van der Waals surface area contributed by atoms with E-state index in [0.29, 0.717) is 42.8 Å². The van der Waals surface area contributed by atoms with Crippen LogP contribution in [0.1, 0.15) is 17.5 Å². The first kappa shape index (κ1) is 22.9. The molecule has 33 heavy (non-hydrogen) atoms. The summed E-state index contributed by atoms with van der Waals surface area (Å²) < 4.78 is 17.5. The number of carbonyl (C=O) groups excluding carboxylic acids is 1.